The Morgan fingerprint density at radius 1 is 1.37 bits per heavy atom. The molecule has 0 aliphatic rings. The molecule has 0 amide bonds. The van der Waals surface area contributed by atoms with Crippen LogP contribution in [-0.4, -0.2) is 15.4 Å². The Hall–Kier alpha value is -1.55. The smallest absolute Gasteiger partial charge is 0.206 e. The summed E-state index contributed by atoms with van der Waals surface area (Å²) in [6.45, 7) is 6.34. The topological polar surface area (TPSA) is 42.9 Å². The average molecular weight is 274 g/mol. The molecule has 3 nitrogen and oxygen atoms in total. The first-order valence-electron chi connectivity index (χ1n) is 6.56. The van der Waals surface area contributed by atoms with Crippen LogP contribution in [-0.2, 0) is 12.8 Å². The summed E-state index contributed by atoms with van der Waals surface area (Å²) in [5, 5.41) is 4.00. The number of hydrogen-bond donors (Lipinski definition) is 0. The van der Waals surface area contributed by atoms with E-state index in [4.69, 9.17) is 0 Å². The van der Waals surface area contributed by atoms with Gasteiger partial charge in [0.2, 0.25) is 5.78 Å². The molecule has 1 heterocycles. The monoisotopic (exact) mass is 274 g/mol. The van der Waals surface area contributed by atoms with Gasteiger partial charge in [0.15, 0.2) is 0 Å². The van der Waals surface area contributed by atoms with Crippen LogP contribution >= 0.6 is 11.5 Å². The van der Waals surface area contributed by atoms with Crippen LogP contribution in [0.5, 0.6) is 0 Å². The zero-order chi connectivity index (χ0) is 13.8. The Labute approximate surface area is 117 Å². The zero-order valence-electron chi connectivity index (χ0n) is 11.5. The lowest BCUT2D eigenvalue weighted by Crippen LogP contribution is -2.04. The molecule has 0 bridgehead atoms. The van der Waals surface area contributed by atoms with Crippen LogP contribution in [0.4, 0.5) is 0 Å². The molecule has 19 heavy (non-hydrogen) atoms. The van der Waals surface area contributed by atoms with Gasteiger partial charge in [0, 0.05) is 5.56 Å². The Morgan fingerprint density at radius 3 is 2.84 bits per heavy atom. The number of nitrogens with zero attached hydrogens (tertiary/aromatic N) is 2. The van der Waals surface area contributed by atoms with Crippen molar-refractivity contribution in [1.82, 2.24) is 9.59 Å². The summed E-state index contributed by atoms with van der Waals surface area (Å²) >= 11 is 1.19. The molecular formula is C15H18N2OS. The Balaban J connectivity index is 2.29. The van der Waals surface area contributed by atoms with Crippen LogP contribution in [0, 0.1) is 5.92 Å². The molecule has 2 aromatic rings. The standard InChI is InChI=1S/C15H18N2OS/c1-4-13-15(19-17-16-13)14(18)12-7-5-6-11(9-12)8-10(2)3/h5-7,9-10H,4,8H2,1-3H3. The molecule has 0 N–H and O–H groups in total. The minimum absolute atomic E-state index is 0.0393. The van der Waals surface area contributed by atoms with Crippen LogP contribution in [0.25, 0.3) is 0 Å². The highest BCUT2D eigenvalue weighted by Crippen LogP contribution is 2.18. The maximum absolute atomic E-state index is 12.5. The number of aromatic nitrogens is 2. The van der Waals surface area contributed by atoms with E-state index in [2.05, 4.69) is 29.5 Å². The molecule has 2 rings (SSSR count). The fraction of sp³-hybridized carbons (Fsp3) is 0.400. The summed E-state index contributed by atoms with van der Waals surface area (Å²) in [4.78, 5) is 13.1. The SMILES string of the molecule is CCc1nnsc1C(=O)c1cccc(CC(C)C)c1. The van der Waals surface area contributed by atoms with Gasteiger partial charge in [0.1, 0.15) is 4.88 Å². The van der Waals surface area contributed by atoms with Crippen molar-refractivity contribution in [3.05, 3.63) is 46.0 Å². The third-order valence-corrected chi connectivity index (χ3v) is 3.70. The molecule has 0 aliphatic carbocycles. The first-order chi connectivity index (χ1) is 9.11. The van der Waals surface area contributed by atoms with E-state index in [1.54, 1.807) is 0 Å². The van der Waals surface area contributed by atoms with Crippen molar-refractivity contribution in [2.24, 2.45) is 5.92 Å². The van der Waals surface area contributed by atoms with E-state index in [0.29, 0.717) is 10.8 Å². The molecule has 1 aromatic carbocycles. The summed E-state index contributed by atoms with van der Waals surface area (Å²) < 4.78 is 3.88. The zero-order valence-corrected chi connectivity index (χ0v) is 12.3. The summed E-state index contributed by atoms with van der Waals surface area (Å²) in [7, 11) is 0. The van der Waals surface area contributed by atoms with Crippen molar-refractivity contribution >= 4 is 17.3 Å². The van der Waals surface area contributed by atoms with E-state index < -0.39 is 0 Å². The van der Waals surface area contributed by atoms with E-state index in [9.17, 15) is 4.79 Å². The quantitative estimate of drug-likeness (QED) is 0.783. The van der Waals surface area contributed by atoms with E-state index >= 15 is 0 Å². The van der Waals surface area contributed by atoms with Crippen LogP contribution in [0.1, 0.15) is 47.3 Å². The van der Waals surface area contributed by atoms with E-state index in [-0.39, 0.29) is 5.78 Å². The van der Waals surface area contributed by atoms with Crippen molar-refractivity contribution in [2.45, 2.75) is 33.6 Å². The largest absolute Gasteiger partial charge is 0.288 e. The van der Waals surface area contributed by atoms with Gasteiger partial charge in [0.05, 0.1) is 5.69 Å². The van der Waals surface area contributed by atoms with E-state index in [1.807, 2.05) is 25.1 Å². The summed E-state index contributed by atoms with van der Waals surface area (Å²) in [6, 6.07) is 7.88. The summed E-state index contributed by atoms with van der Waals surface area (Å²) in [5.74, 6) is 0.624. The van der Waals surface area contributed by atoms with Gasteiger partial charge < -0.3 is 0 Å². The second kappa shape index (κ2) is 6.06. The Morgan fingerprint density at radius 2 is 2.16 bits per heavy atom. The lowest BCUT2D eigenvalue weighted by atomic mass is 9.99. The highest BCUT2D eigenvalue weighted by Gasteiger charge is 2.17. The normalized spacial score (nSPS) is 10.9. The van der Waals surface area contributed by atoms with Gasteiger partial charge in [-0.15, -0.1) is 5.10 Å². The molecule has 0 radical (unpaired) electrons. The van der Waals surface area contributed by atoms with Gasteiger partial charge in [-0.05, 0) is 41.9 Å². The predicted octanol–water partition coefficient (Wildman–Crippen LogP) is 3.53. The van der Waals surface area contributed by atoms with Gasteiger partial charge in [-0.1, -0.05) is 43.5 Å². The van der Waals surface area contributed by atoms with Crippen LogP contribution in [0.3, 0.4) is 0 Å². The molecule has 4 heteroatoms. The number of carbonyl (C=O) groups is 1. The predicted molar refractivity (Wildman–Crippen MR) is 77.7 cm³/mol. The van der Waals surface area contributed by atoms with Gasteiger partial charge in [-0.25, -0.2) is 0 Å². The Kier molecular flexibility index (Phi) is 4.43. The fourth-order valence-corrected chi connectivity index (χ4v) is 2.77. The molecule has 0 saturated carbocycles. The van der Waals surface area contributed by atoms with Crippen molar-refractivity contribution in [3.63, 3.8) is 0 Å². The molecule has 1 aromatic heterocycles. The lowest BCUT2D eigenvalue weighted by molar-refractivity contribution is 0.104. The van der Waals surface area contributed by atoms with Gasteiger partial charge in [0.25, 0.3) is 0 Å². The van der Waals surface area contributed by atoms with E-state index in [1.165, 1.54) is 17.1 Å². The van der Waals surface area contributed by atoms with Crippen LogP contribution < -0.4 is 0 Å². The Bertz CT molecular complexity index is 575. The summed E-state index contributed by atoms with van der Waals surface area (Å²) in [5.41, 5.74) is 2.74. The first-order valence-corrected chi connectivity index (χ1v) is 7.34. The highest BCUT2D eigenvalue weighted by molar-refractivity contribution is 7.08. The second-order valence-corrected chi connectivity index (χ2v) is 5.78. The molecule has 0 atom stereocenters. The third kappa shape index (κ3) is 3.26. The van der Waals surface area contributed by atoms with E-state index in [0.717, 1.165) is 24.1 Å². The molecule has 0 spiro atoms. The minimum Gasteiger partial charge on any atom is -0.288 e. The maximum atomic E-state index is 12.5. The number of aryl methyl sites for hydroxylation is 1. The highest BCUT2D eigenvalue weighted by atomic mass is 32.1. The molecule has 0 unspecified atom stereocenters. The fourth-order valence-electron chi connectivity index (χ4n) is 2.05. The number of rotatable bonds is 5. The molecule has 100 valence electrons. The first kappa shape index (κ1) is 13.9. The average Bonchev–Trinajstić information content (AvgIpc) is 2.85. The van der Waals surface area contributed by atoms with Crippen molar-refractivity contribution < 1.29 is 4.79 Å². The molecular weight excluding hydrogens is 256 g/mol. The molecule has 0 saturated heterocycles. The number of hydrogen-bond acceptors (Lipinski definition) is 4. The minimum atomic E-state index is 0.0393. The second-order valence-electron chi connectivity index (χ2n) is 5.03. The van der Waals surface area contributed by atoms with Crippen LogP contribution in [0.15, 0.2) is 24.3 Å². The van der Waals surface area contributed by atoms with Gasteiger partial charge in [-0.3, -0.25) is 4.79 Å². The molecule has 0 fully saturated rings. The van der Waals surface area contributed by atoms with Crippen molar-refractivity contribution in [1.29, 1.82) is 0 Å². The third-order valence-electron chi connectivity index (χ3n) is 2.93. The number of benzene rings is 1. The molecule has 0 aliphatic heterocycles. The maximum Gasteiger partial charge on any atom is 0.206 e. The number of ketones is 1. The van der Waals surface area contributed by atoms with Crippen molar-refractivity contribution in [2.75, 3.05) is 0 Å². The van der Waals surface area contributed by atoms with Crippen LogP contribution in [0.2, 0.25) is 0 Å². The summed E-state index contributed by atoms with van der Waals surface area (Å²) in [6.07, 6.45) is 1.73. The lowest BCUT2D eigenvalue weighted by Gasteiger charge is -2.06. The number of carbonyl (C=O) groups excluding carboxylic acids is 1. The van der Waals surface area contributed by atoms with Gasteiger partial charge >= 0.3 is 0 Å². The van der Waals surface area contributed by atoms with Gasteiger partial charge in [-0.2, -0.15) is 0 Å². The van der Waals surface area contributed by atoms with Crippen molar-refractivity contribution in [3.8, 4) is 0 Å².